The summed E-state index contributed by atoms with van der Waals surface area (Å²) in [6.07, 6.45) is 1.24. The van der Waals surface area contributed by atoms with Crippen LogP contribution in [-0.4, -0.2) is 12.1 Å². The molecule has 3 nitrogen and oxygen atoms in total. The molecule has 0 bridgehead atoms. The van der Waals surface area contributed by atoms with E-state index in [1.54, 1.807) is 12.1 Å². The predicted octanol–water partition coefficient (Wildman–Crippen LogP) is 3.23. The molecule has 2 aromatic rings. The lowest BCUT2D eigenvalue weighted by molar-refractivity contribution is 0.411. The van der Waals surface area contributed by atoms with Gasteiger partial charge in [0.25, 0.3) is 0 Å². The summed E-state index contributed by atoms with van der Waals surface area (Å²) in [6, 6.07) is 4.55. The highest BCUT2D eigenvalue weighted by Crippen LogP contribution is 2.34. The monoisotopic (exact) mass is 241 g/mol. The van der Waals surface area contributed by atoms with Crippen LogP contribution >= 0.6 is 11.6 Å². The molecular formula is C11H9ClFNO2. The van der Waals surface area contributed by atoms with Crippen LogP contribution in [0.15, 0.2) is 29.0 Å². The first kappa shape index (κ1) is 11.0. The van der Waals surface area contributed by atoms with E-state index < -0.39 is 5.82 Å². The molecular weight excluding hydrogens is 233 g/mol. The van der Waals surface area contributed by atoms with Crippen molar-refractivity contribution >= 4 is 11.6 Å². The summed E-state index contributed by atoms with van der Waals surface area (Å²) in [7, 11) is 1.47. The van der Waals surface area contributed by atoms with Gasteiger partial charge in [0, 0.05) is 0 Å². The zero-order valence-corrected chi connectivity index (χ0v) is 9.29. The first-order valence-electron chi connectivity index (χ1n) is 4.59. The van der Waals surface area contributed by atoms with Crippen molar-refractivity contribution in [2.24, 2.45) is 0 Å². The minimum atomic E-state index is -0.428. The van der Waals surface area contributed by atoms with E-state index >= 15 is 0 Å². The molecule has 0 saturated heterocycles. The Labute approximate surface area is 96.8 Å². The second kappa shape index (κ2) is 4.53. The molecule has 0 unspecified atom stereocenters. The van der Waals surface area contributed by atoms with E-state index in [9.17, 15) is 4.39 Å². The summed E-state index contributed by atoms with van der Waals surface area (Å²) in [4.78, 5) is 3.91. The van der Waals surface area contributed by atoms with E-state index in [1.165, 1.54) is 19.6 Å². The molecule has 1 aromatic heterocycles. The van der Waals surface area contributed by atoms with E-state index in [0.717, 1.165) is 0 Å². The Hall–Kier alpha value is -1.55. The van der Waals surface area contributed by atoms with Crippen LogP contribution in [0.25, 0.3) is 11.3 Å². The summed E-state index contributed by atoms with van der Waals surface area (Å²) in [5.74, 6) is 0.430. The molecule has 1 aromatic carbocycles. The molecule has 0 aliphatic rings. The molecule has 0 spiro atoms. The van der Waals surface area contributed by atoms with E-state index in [0.29, 0.717) is 17.2 Å². The van der Waals surface area contributed by atoms with E-state index in [1.807, 2.05) is 0 Å². The van der Waals surface area contributed by atoms with Crippen molar-refractivity contribution < 1.29 is 13.5 Å². The second-order valence-corrected chi connectivity index (χ2v) is 3.35. The van der Waals surface area contributed by atoms with Crippen LogP contribution in [0, 0.1) is 5.82 Å². The molecule has 2 rings (SSSR count). The van der Waals surface area contributed by atoms with Crippen molar-refractivity contribution in [1.29, 1.82) is 0 Å². The Balaban J connectivity index is 2.63. The van der Waals surface area contributed by atoms with Gasteiger partial charge in [0.1, 0.15) is 17.3 Å². The minimum absolute atomic E-state index is 0.156. The van der Waals surface area contributed by atoms with Crippen molar-refractivity contribution in [3.8, 4) is 17.1 Å². The van der Waals surface area contributed by atoms with Crippen LogP contribution < -0.4 is 4.74 Å². The first-order chi connectivity index (χ1) is 7.77. The van der Waals surface area contributed by atoms with Crippen molar-refractivity contribution in [2.45, 2.75) is 5.88 Å². The first-order valence-corrected chi connectivity index (χ1v) is 5.12. The van der Waals surface area contributed by atoms with E-state index in [4.69, 9.17) is 20.8 Å². The number of benzene rings is 1. The zero-order valence-electron chi connectivity index (χ0n) is 8.54. The summed E-state index contributed by atoms with van der Waals surface area (Å²) in [6.45, 7) is 0. The average Bonchev–Trinajstić information content (AvgIpc) is 2.76. The number of hydrogen-bond donors (Lipinski definition) is 0. The largest absolute Gasteiger partial charge is 0.496 e. The fourth-order valence-electron chi connectivity index (χ4n) is 1.46. The third kappa shape index (κ3) is 1.76. The minimum Gasteiger partial charge on any atom is -0.496 e. The van der Waals surface area contributed by atoms with Crippen molar-refractivity contribution in [3.63, 3.8) is 0 Å². The Morgan fingerprint density at radius 3 is 3.00 bits per heavy atom. The van der Waals surface area contributed by atoms with Gasteiger partial charge in [-0.3, -0.25) is 0 Å². The third-order valence-electron chi connectivity index (χ3n) is 2.19. The maximum absolute atomic E-state index is 13.7. The standard InChI is InChI=1S/C11H9ClFNO2/c1-15-9-4-2-3-7(13)10(9)11-8(5-12)14-6-16-11/h2-4,6H,5H2,1H3. The Kier molecular flexibility index (Phi) is 3.10. The number of methoxy groups -OCH3 is 1. The molecule has 5 heteroatoms. The van der Waals surface area contributed by atoms with Crippen molar-refractivity contribution in [3.05, 3.63) is 36.1 Å². The molecule has 0 aliphatic carbocycles. The van der Waals surface area contributed by atoms with Gasteiger partial charge in [0.2, 0.25) is 0 Å². The number of halogens is 2. The molecule has 16 heavy (non-hydrogen) atoms. The third-order valence-corrected chi connectivity index (χ3v) is 2.44. The van der Waals surface area contributed by atoms with Crippen LogP contribution in [0.4, 0.5) is 4.39 Å². The normalized spacial score (nSPS) is 10.4. The Morgan fingerprint density at radius 1 is 1.50 bits per heavy atom. The molecule has 0 atom stereocenters. The summed E-state index contributed by atoms with van der Waals surface area (Å²) in [5, 5.41) is 0. The second-order valence-electron chi connectivity index (χ2n) is 3.08. The van der Waals surface area contributed by atoms with E-state index in [2.05, 4.69) is 4.98 Å². The molecule has 0 amide bonds. The van der Waals surface area contributed by atoms with Gasteiger partial charge in [-0.05, 0) is 12.1 Å². The van der Waals surface area contributed by atoms with Gasteiger partial charge in [-0.25, -0.2) is 9.37 Å². The Morgan fingerprint density at radius 2 is 2.31 bits per heavy atom. The molecule has 1 heterocycles. The fourth-order valence-corrected chi connectivity index (χ4v) is 1.65. The smallest absolute Gasteiger partial charge is 0.181 e. The van der Waals surface area contributed by atoms with Gasteiger partial charge < -0.3 is 9.15 Å². The molecule has 0 aliphatic heterocycles. The van der Waals surface area contributed by atoms with Crippen molar-refractivity contribution in [1.82, 2.24) is 4.98 Å². The number of aromatic nitrogens is 1. The molecule has 84 valence electrons. The van der Waals surface area contributed by atoms with Gasteiger partial charge in [-0.2, -0.15) is 0 Å². The summed E-state index contributed by atoms with van der Waals surface area (Å²) >= 11 is 5.69. The summed E-state index contributed by atoms with van der Waals surface area (Å²) in [5.41, 5.74) is 0.739. The van der Waals surface area contributed by atoms with Crippen LogP contribution in [0.2, 0.25) is 0 Å². The van der Waals surface area contributed by atoms with Gasteiger partial charge >= 0.3 is 0 Å². The number of nitrogens with zero attached hydrogens (tertiary/aromatic N) is 1. The van der Waals surface area contributed by atoms with Crippen LogP contribution in [0.1, 0.15) is 5.69 Å². The number of hydrogen-bond acceptors (Lipinski definition) is 3. The zero-order chi connectivity index (χ0) is 11.5. The number of oxazole rings is 1. The van der Waals surface area contributed by atoms with Gasteiger partial charge in [0.15, 0.2) is 12.2 Å². The lowest BCUT2D eigenvalue weighted by atomic mass is 10.1. The quantitative estimate of drug-likeness (QED) is 0.774. The number of rotatable bonds is 3. The average molecular weight is 242 g/mol. The van der Waals surface area contributed by atoms with E-state index in [-0.39, 0.29) is 11.4 Å². The van der Waals surface area contributed by atoms with Crippen LogP contribution in [-0.2, 0) is 5.88 Å². The summed E-state index contributed by atoms with van der Waals surface area (Å²) < 4.78 is 23.9. The SMILES string of the molecule is COc1cccc(F)c1-c1ocnc1CCl. The van der Waals surface area contributed by atoms with Crippen molar-refractivity contribution in [2.75, 3.05) is 7.11 Å². The van der Waals surface area contributed by atoms with Crippen LogP contribution in [0.5, 0.6) is 5.75 Å². The molecule has 0 radical (unpaired) electrons. The fraction of sp³-hybridized carbons (Fsp3) is 0.182. The van der Waals surface area contributed by atoms with Crippen LogP contribution in [0.3, 0.4) is 0 Å². The predicted molar refractivity (Wildman–Crippen MR) is 58.0 cm³/mol. The highest BCUT2D eigenvalue weighted by molar-refractivity contribution is 6.17. The number of alkyl halides is 1. The maximum atomic E-state index is 13.7. The van der Waals surface area contributed by atoms with Gasteiger partial charge in [-0.15, -0.1) is 11.6 Å². The van der Waals surface area contributed by atoms with Gasteiger partial charge in [0.05, 0.1) is 18.6 Å². The molecule has 0 N–H and O–H groups in total. The molecule has 0 saturated carbocycles. The lowest BCUT2D eigenvalue weighted by Gasteiger charge is -2.07. The lowest BCUT2D eigenvalue weighted by Crippen LogP contribution is -1.92. The van der Waals surface area contributed by atoms with Gasteiger partial charge in [-0.1, -0.05) is 6.07 Å². The molecule has 0 fully saturated rings. The maximum Gasteiger partial charge on any atom is 0.181 e. The number of ether oxygens (including phenoxy) is 1. The Bertz CT molecular complexity index is 498. The highest BCUT2D eigenvalue weighted by atomic mass is 35.5. The topological polar surface area (TPSA) is 35.3 Å². The highest BCUT2D eigenvalue weighted by Gasteiger charge is 2.18.